The summed E-state index contributed by atoms with van der Waals surface area (Å²) in [6.07, 6.45) is 1.54. The second-order valence-electron chi connectivity index (χ2n) is 7.67. The lowest BCUT2D eigenvalue weighted by atomic mass is 9.80. The van der Waals surface area contributed by atoms with Gasteiger partial charge in [0.05, 0.1) is 28.5 Å². The molecular formula is C18H30N2OSi. The Morgan fingerprint density at radius 3 is 2.09 bits per heavy atom. The molecule has 0 amide bonds. The van der Waals surface area contributed by atoms with E-state index in [1.807, 2.05) is 18.2 Å². The molecule has 0 fully saturated rings. The van der Waals surface area contributed by atoms with Crippen LogP contribution in [0.5, 0.6) is 0 Å². The van der Waals surface area contributed by atoms with Crippen LogP contribution < -0.4 is 0 Å². The van der Waals surface area contributed by atoms with Gasteiger partial charge in [0.15, 0.2) is 9.76 Å². The maximum Gasteiger partial charge on any atom is 0.168 e. The molecule has 0 N–H and O–H groups in total. The normalized spacial score (nSPS) is 13.5. The summed E-state index contributed by atoms with van der Waals surface area (Å²) in [5.41, 5.74) is 0.890. The zero-order chi connectivity index (χ0) is 17.0. The maximum atomic E-state index is 9.62. The van der Waals surface area contributed by atoms with E-state index < -0.39 is 20.8 Å². The van der Waals surface area contributed by atoms with Crippen molar-refractivity contribution in [1.82, 2.24) is 4.98 Å². The van der Waals surface area contributed by atoms with E-state index in [-0.39, 0.29) is 5.04 Å². The van der Waals surface area contributed by atoms with Crippen LogP contribution >= 0.6 is 0 Å². The summed E-state index contributed by atoms with van der Waals surface area (Å²) < 4.78 is 6.24. The molecule has 0 aliphatic rings. The first-order valence-corrected chi connectivity index (χ1v) is 9.42. The van der Waals surface area contributed by atoms with E-state index in [2.05, 4.69) is 54.5 Å². The average molecular weight is 319 g/mol. The van der Waals surface area contributed by atoms with E-state index >= 15 is 0 Å². The number of hydrogen-bond acceptors (Lipinski definition) is 3. The van der Waals surface area contributed by atoms with Gasteiger partial charge >= 0.3 is 0 Å². The SMILES string of the molecule is CCC(C#N)(CC)c1cccc(C(C)(C)O[SiH2]C(C)(C)C)n1. The Bertz CT molecular complexity index is 537. The number of rotatable bonds is 6. The van der Waals surface area contributed by atoms with E-state index in [1.165, 1.54) is 0 Å². The minimum atomic E-state index is -0.665. The number of hydrogen-bond donors (Lipinski definition) is 0. The van der Waals surface area contributed by atoms with Gasteiger partial charge in [-0.15, -0.1) is 0 Å². The Balaban J connectivity index is 3.13. The molecule has 4 heteroatoms. The van der Waals surface area contributed by atoms with Crippen molar-refractivity contribution in [2.75, 3.05) is 0 Å². The summed E-state index contributed by atoms with van der Waals surface area (Å²) in [6, 6.07) is 8.45. The second kappa shape index (κ2) is 6.93. The van der Waals surface area contributed by atoms with Crippen LogP contribution in [0.1, 0.15) is 72.7 Å². The molecule has 0 unspecified atom stereocenters. The molecule has 1 rings (SSSR count). The number of pyridine rings is 1. The molecule has 0 aromatic carbocycles. The van der Waals surface area contributed by atoms with Gasteiger partial charge in [0, 0.05) is 0 Å². The van der Waals surface area contributed by atoms with Crippen molar-refractivity contribution in [2.24, 2.45) is 0 Å². The summed E-state index contributed by atoms with van der Waals surface area (Å²) in [7, 11) is -0.665. The van der Waals surface area contributed by atoms with Crippen molar-refractivity contribution in [2.45, 2.75) is 77.4 Å². The molecule has 0 aliphatic heterocycles. The topological polar surface area (TPSA) is 45.9 Å². The van der Waals surface area contributed by atoms with Gasteiger partial charge in [-0.1, -0.05) is 40.7 Å². The van der Waals surface area contributed by atoms with Gasteiger partial charge < -0.3 is 4.43 Å². The Hall–Kier alpha value is -1.18. The lowest BCUT2D eigenvalue weighted by molar-refractivity contribution is 0.104. The van der Waals surface area contributed by atoms with Crippen LogP contribution in [0.3, 0.4) is 0 Å². The molecular weight excluding hydrogens is 288 g/mol. The molecule has 0 radical (unpaired) electrons. The quantitative estimate of drug-likeness (QED) is 0.738. The fraction of sp³-hybridized carbons (Fsp3) is 0.667. The zero-order valence-electron chi connectivity index (χ0n) is 15.2. The number of nitriles is 1. The maximum absolute atomic E-state index is 9.62. The van der Waals surface area contributed by atoms with Crippen molar-refractivity contribution in [3.05, 3.63) is 29.6 Å². The van der Waals surface area contributed by atoms with Crippen molar-refractivity contribution in [3.8, 4) is 6.07 Å². The monoisotopic (exact) mass is 318 g/mol. The molecule has 1 heterocycles. The summed E-state index contributed by atoms with van der Waals surface area (Å²) in [6.45, 7) is 14.9. The third-order valence-electron chi connectivity index (χ3n) is 4.14. The largest absolute Gasteiger partial charge is 0.413 e. The summed E-state index contributed by atoms with van der Waals surface area (Å²) in [4.78, 5) is 4.80. The molecule has 0 spiro atoms. The van der Waals surface area contributed by atoms with Crippen molar-refractivity contribution >= 4 is 9.76 Å². The van der Waals surface area contributed by atoms with Crippen LogP contribution in [-0.4, -0.2) is 14.7 Å². The van der Waals surface area contributed by atoms with Gasteiger partial charge in [-0.2, -0.15) is 5.26 Å². The molecule has 0 aliphatic carbocycles. The van der Waals surface area contributed by atoms with Crippen molar-refractivity contribution in [1.29, 1.82) is 5.26 Å². The van der Waals surface area contributed by atoms with Crippen LogP contribution in [0.2, 0.25) is 5.04 Å². The van der Waals surface area contributed by atoms with Gasteiger partial charge in [0.1, 0.15) is 0 Å². The van der Waals surface area contributed by atoms with Crippen LogP contribution in [-0.2, 0) is 15.4 Å². The molecule has 0 saturated heterocycles. The highest BCUT2D eigenvalue weighted by atomic mass is 28.2. The standard InChI is InChI=1S/C18H30N2OSi/c1-8-18(9-2,13-19)15-12-10-11-14(20-15)17(6,7)21-22-16(3,4)5/h10-12H,8-9,22H2,1-7H3. The smallest absolute Gasteiger partial charge is 0.168 e. The lowest BCUT2D eigenvalue weighted by Gasteiger charge is -2.31. The summed E-state index contributed by atoms with van der Waals surface area (Å²) >= 11 is 0. The van der Waals surface area contributed by atoms with E-state index in [0.29, 0.717) is 0 Å². The number of aromatic nitrogens is 1. The second-order valence-corrected chi connectivity index (χ2v) is 10.4. The first-order chi connectivity index (χ1) is 10.1. The highest BCUT2D eigenvalue weighted by Crippen LogP contribution is 2.33. The van der Waals surface area contributed by atoms with E-state index in [1.54, 1.807) is 0 Å². The minimum Gasteiger partial charge on any atom is -0.413 e. The molecule has 122 valence electrons. The van der Waals surface area contributed by atoms with E-state index in [0.717, 1.165) is 24.2 Å². The van der Waals surface area contributed by atoms with Crippen LogP contribution in [0.4, 0.5) is 0 Å². The van der Waals surface area contributed by atoms with E-state index in [9.17, 15) is 5.26 Å². The van der Waals surface area contributed by atoms with Gasteiger partial charge in [-0.3, -0.25) is 4.98 Å². The summed E-state index contributed by atoms with van der Waals surface area (Å²) in [5, 5.41) is 9.87. The molecule has 3 nitrogen and oxygen atoms in total. The molecule has 1 aromatic rings. The first-order valence-electron chi connectivity index (χ1n) is 8.13. The van der Waals surface area contributed by atoms with Gasteiger partial charge in [-0.05, 0) is 43.9 Å². The predicted molar refractivity (Wildman–Crippen MR) is 94.5 cm³/mol. The summed E-state index contributed by atoms with van der Waals surface area (Å²) in [5.74, 6) is 0. The third-order valence-corrected chi connectivity index (χ3v) is 5.88. The van der Waals surface area contributed by atoms with Gasteiger partial charge in [0.25, 0.3) is 0 Å². The fourth-order valence-electron chi connectivity index (χ4n) is 2.34. The zero-order valence-corrected chi connectivity index (χ0v) is 16.6. The Labute approximate surface area is 138 Å². The van der Waals surface area contributed by atoms with Gasteiger partial charge in [0.2, 0.25) is 0 Å². The fourth-order valence-corrected chi connectivity index (χ4v) is 3.28. The first kappa shape index (κ1) is 18.9. The van der Waals surface area contributed by atoms with Crippen LogP contribution in [0.15, 0.2) is 18.2 Å². The average Bonchev–Trinajstić information content (AvgIpc) is 2.48. The van der Waals surface area contributed by atoms with Crippen molar-refractivity contribution < 1.29 is 4.43 Å². The van der Waals surface area contributed by atoms with Crippen molar-refractivity contribution in [3.63, 3.8) is 0 Å². The predicted octanol–water partition coefficient (Wildman–Crippen LogP) is 4.22. The van der Waals surface area contributed by atoms with E-state index in [4.69, 9.17) is 9.41 Å². The minimum absolute atomic E-state index is 0.248. The molecule has 0 atom stereocenters. The molecule has 0 bridgehead atoms. The van der Waals surface area contributed by atoms with Gasteiger partial charge in [-0.25, -0.2) is 0 Å². The molecule has 22 heavy (non-hydrogen) atoms. The Morgan fingerprint density at radius 2 is 1.64 bits per heavy atom. The highest BCUT2D eigenvalue weighted by Gasteiger charge is 2.32. The number of nitrogens with zero attached hydrogens (tertiary/aromatic N) is 2. The Kier molecular flexibility index (Phi) is 5.94. The third kappa shape index (κ3) is 4.41. The molecule has 1 aromatic heterocycles. The highest BCUT2D eigenvalue weighted by molar-refractivity contribution is 6.31. The lowest BCUT2D eigenvalue weighted by Crippen LogP contribution is -2.30. The van der Waals surface area contributed by atoms with Crippen LogP contribution in [0.25, 0.3) is 0 Å². The Morgan fingerprint density at radius 1 is 1.09 bits per heavy atom. The molecule has 0 saturated carbocycles. The van der Waals surface area contributed by atoms with Crippen LogP contribution in [0, 0.1) is 11.3 Å².